The van der Waals surface area contributed by atoms with Crippen molar-refractivity contribution in [3.05, 3.63) is 11.1 Å². The first-order valence-electron chi connectivity index (χ1n) is 8.16. The minimum atomic E-state index is -0.721. The predicted molar refractivity (Wildman–Crippen MR) is 94.8 cm³/mol. The zero-order valence-electron chi connectivity index (χ0n) is 15.0. The van der Waals surface area contributed by atoms with Gasteiger partial charge in [0.1, 0.15) is 0 Å². The van der Waals surface area contributed by atoms with E-state index in [0.29, 0.717) is 23.8 Å². The van der Waals surface area contributed by atoms with Crippen LogP contribution in [-0.2, 0) is 25.5 Å². The number of amides is 4. The van der Waals surface area contributed by atoms with Crippen molar-refractivity contribution >= 4 is 40.3 Å². The number of nitrogens with one attached hydrogen (secondary N) is 2. The molecule has 0 bridgehead atoms. The topological polar surface area (TPSA) is 118 Å². The molecule has 0 unspecified atom stereocenters. The minimum absolute atomic E-state index is 0.0266. The number of carbonyl (C=O) groups is 4. The Bertz CT molecular complexity index is 710. The summed E-state index contributed by atoms with van der Waals surface area (Å²) in [6, 6.07) is -0.655. The average molecular weight is 382 g/mol. The van der Waals surface area contributed by atoms with Crippen molar-refractivity contribution in [3.63, 3.8) is 0 Å². The van der Waals surface area contributed by atoms with Gasteiger partial charge in [-0.3, -0.25) is 24.6 Å². The molecule has 4 amide bonds. The van der Waals surface area contributed by atoms with Gasteiger partial charge in [-0.05, 0) is 27.2 Å². The third-order valence-electron chi connectivity index (χ3n) is 3.28. The molecular formula is C16H22N4O5S. The van der Waals surface area contributed by atoms with Crippen molar-refractivity contribution in [2.75, 3.05) is 18.1 Å². The van der Waals surface area contributed by atoms with E-state index in [1.807, 2.05) is 0 Å². The number of nitrogens with zero attached hydrogens (tertiary/aromatic N) is 2. The first-order chi connectivity index (χ1) is 12.1. The maximum absolute atomic E-state index is 11.8. The van der Waals surface area contributed by atoms with Crippen LogP contribution in [0.1, 0.15) is 39.3 Å². The number of hydrogen-bond acceptors (Lipinski definition) is 7. The molecule has 0 atom stereocenters. The zero-order chi connectivity index (χ0) is 19.3. The van der Waals surface area contributed by atoms with E-state index in [1.54, 1.807) is 31.1 Å². The fourth-order valence-corrected chi connectivity index (χ4v) is 3.10. The number of rotatable bonds is 5. The van der Waals surface area contributed by atoms with Crippen molar-refractivity contribution in [1.82, 2.24) is 15.6 Å². The SMILES string of the molecule is CC(C)(C)NC(=O)NC(=O)COC(=O)Cc1csc(N2CCCC2=O)n1. The van der Waals surface area contributed by atoms with Gasteiger partial charge in [-0.1, -0.05) is 0 Å². The second-order valence-corrected chi connectivity index (χ2v) is 7.70. The highest BCUT2D eigenvalue weighted by molar-refractivity contribution is 7.14. The molecule has 142 valence electrons. The zero-order valence-corrected chi connectivity index (χ0v) is 15.8. The van der Waals surface area contributed by atoms with E-state index >= 15 is 0 Å². The second-order valence-electron chi connectivity index (χ2n) is 6.86. The molecule has 1 fully saturated rings. The van der Waals surface area contributed by atoms with Gasteiger partial charge in [0, 0.05) is 23.9 Å². The van der Waals surface area contributed by atoms with Crippen LogP contribution in [0.5, 0.6) is 0 Å². The van der Waals surface area contributed by atoms with Crippen molar-refractivity contribution in [3.8, 4) is 0 Å². The van der Waals surface area contributed by atoms with Crippen LogP contribution in [0.4, 0.5) is 9.93 Å². The molecule has 10 heteroatoms. The Morgan fingerprint density at radius 1 is 1.35 bits per heavy atom. The Kier molecular flexibility index (Phi) is 6.30. The van der Waals surface area contributed by atoms with Gasteiger partial charge in [0.25, 0.3) is 5.91 Å². The van der Waals surface area contributed by atoms with Gasteiger partial charge in [-0.2, -0.15) is 0 Å². The fraction of sp³-hybridized carbons (Fsp3) is 0.562. The molecule has 26 heavy (non-hydrogen) atoms. The van der Waals surface area contributed by atoms with Gasteiger partial charge in [0.05, 0.1) is 12.1 Å². The number of ether oxygens (including phenoxy) is 1. The summed E-state index contributed by atoms with van der Waals surface area (Å²) in [5, 5.41) is 6.88. The van der Waals surface area contributed by atoms with Gasteiger partial charge in [0.15, 0.2) is 11.7 Å². The van der Waals surface area contributed by atoms with Gasteiger partial charge in [-0.25, -0.2) is 9.78 Å². The highest BCUT2D eigenvalue weighted by Crippen LogP contribution is 2.25. The highest BCUT2D eigenvalue weighted by Gasteiger charge is 2.24. The Hall–Kier alpha value is -2.49. The van der Waals surface area contributed by atoms with Crippen LogP contribution in [0.15, 0.2) is 5.38 Å². The number of esters is 1. The summed E-state index contributed by atoms with van der Waals surface area (Å²) in [4.78, 5) is 52.5. The number of carbonyl (C=O) groups excluding carboxylic acids is 4. The summed E-state index contributed by atoms with van der Waals surface area (Å²) in [6.45, 7) is 5.39. The van der Waals surface area contributed by atoms with Gasteiger partial charge in [0.2, 0.25) is 5.91 Å². The molecule has 1 aliphatic heterocycles. The molecule has 1 aromatic rings. The van der Waals surface area contributed by atoms with Crippen LogP contribution in [0.2, 0.25) is 0 Å². The van der Waals surface area contributed by atoms with E-state index in [1.165, 1.54) is 11.3 Å². The van der Waals surface area contributed by atoms with E-state index in [-0.39, 0.29) is 12.3 Å². The third kappa shape index (κ3) is 6.10. The second kappa shape index (κ2) is 8.26. The summed E-state index contributed by atoms with van der Waals surface area (Å²) in [5.74, 6) is -1.33. The number of imide groups is 1. The molecule has 2 rings (SSSR count). The lowest BCUT2D eigenvalue weighted by Gasteiger charge is -2.20. The Balaban J connectivity index is 1.75. The van der Waals surface area contributed by atoms with Crippen LogP contribution < -0.4 is 15.5 Å². The van der Waals surface area contributed by atoms with E-state index in [0.717, 1.165) is 6.42 Å². The van der Waals surface area contributed by atoms with Gasteiger partial charge < -0.3 is 10.1 Å². The van der Waals surface area contributed by atoms with Gasteiger partial charge in [-0.15, -0.1) is 11.3 Å². The number of aromatic nitrogens is 1. The maximum Gasteiger partial charge on any atom is 0.321 e. The van der Waals surface area contributed by atoms with Crippen LogP contribution >= 0.6 is 11.3 Å². The third-order valence-corrected chi connectivity index (χ3v) is 4.19. The largest absolute Gasteiger partial charge is 0.455 e. The molecule has 0 saturated carbocycles. The van der Waals surface area contributed by atoms with E-state index in [2.05, 4.69) is 15.6 Å². The molecule has 1 saturated heterocycles. The molecule has 0 aromatic carbocycles. The number of urea groups is 1. The number of hydrogen-bond donors (Lipinski definition) is 2. The lowest BCUT2D eigenvalue weighted by molar-refractivity contribution is -0.147. The summed E-state index contributed by atoms with van der Waals surface area (Å²) >= 11 is 1.28. The van der Waals surface area contributed by atoms with Crippen LogP contribution in [0.25, 0.3) is 0 Å². The van der Waals surface area contributed by atoms with Gasteiger partial charge >= 0.3 is 12.0 Å². The van der Waals surface area contributed by atoms with Crippen molar-refractivity contribution in [1.29, 1.82) is 0 Å². The van der Waals surface area contributed by atoms with E-state index in [4.69, 9.17) is 4.74 Å². The fourth-order valence-electron chi connectivity index (χ4n) is 2.23. The first kappa shape index (κ1) is 19.8. The molecular weight excluding hydrogens is 360 g/mol. The lowest BCUT2D eigenvalue weighted by Crippen LogP contribution is -2.49. The molecule has 0 radical (unpaired) electrons. The summed E-state index contributed by atoms with van der Waals surface area (Å²) < 4.78 is 4.85. The van der Waals surface area contributed by atoms with E-state index < -0.39 is 30.1 Å². The van der Waals surface area contributed by atoms with Crippen molar-refractivity contribution in [2.24, 2.45) is 0 Å². The molecule has 0 aliphatic carbocycles. The number of thiazole rings is 1. The summed E-state index contributed by atoms with van der Waals surface area (Å²) in [7, 11) is 0. The quantitative estimate of drug-likeness (QED) is 0.733. The Labute approximate surface area is 155 Å². The molecule has 2 heterocycles. The Morgan fingerprint density at radius 2 is 2.08 bits per heavy atom. The van der Waals surface area contributed by atoms with Crippen LogP contribution in [0, 0.1) is 0 Å². The van der Waals surface area contributed by atoms with E-state index in [9.17, 15) is 19.2 Å². The molecule has 2 N–H and O–H groups in total. The molecule has 9 nitrogen and oxygen atoms in total. The molecule has 1 aliphatic rings. The normalized spacial score (nSPS) is 14.3. The van der Waals surface area contributed by atoms with Crippen LogP contribution in [-0.4, -0.2) is 47.5 Å². The standard InChI is InChI=1S/C16H22N4O5S/c1-16(2,3)19-14(24)18-11(21)8-25-13(23)7-10-9-26-15(17-10)20-6-4-5-12(20)22/h9H,4-8H2,1-3H3,(H2,18,19,21,24). The monoisotopic (exact) mass is 382 g/mol. The average Bonchev–Trinajstić information content (AvgIpc) is 3.11. The molecule has 0 spiro atoms. The Morgan fingerprint density at radius 3 is 2.69 bits per heavy atom. The number of anilines is 1. The van der Waals surface area contributed by atoms with Crippen molar-refractivity contribution in [2.45, 2.75) is 45.6 Å². The first-order valence-corrected chi connectivity index (χ1v) is 9.04. The van der Waals surface area contributed by atoms with Crippen molar-refractivity contribution < 1.29 is 23.9 Å². The van der Waals surface area contributed by atoms with Crippen LogP contribution in [0.3, 0.4) is 0 Å². The predicted octanol–water partition coefficient (Wildman–Crippen LogP) is 0.980. The molecule has 1 aromatic heterocycles. The minimum Gasteiger partial charge on any atom is -0.455 e. The lowest BCUT2D eigenvalue weighted by atomic mass is 10.1. The summed E-state index contributed by atoms with van der Waals surface area (Å²) in [6.07, 6.45) is 1.20. The summed E-state index contributed by atoms with van der Waals surface area (Å²) in [5.41, 5.74) is -0.0133. The maximum atomic E-state index is 11.8. The highest BCUT2D eigenvalue weighted by atomic mass is 32.1. The smallest absolute Gasteiger partial charge is 0.321 e.